The van der Waals surface area contributed by atoms with Gasteiger partial charge in [0.15, 0.2) is 0 Å². The van der Waals surface area contributed by atoms with Gasteiger partial charge in [-0.05, 0) is 31.6 Å². The zero-order valence-corrected chi connectivity index (χ0v) is 13.4. The van der Waals surface area contributed by atoms with E-state index in [1.165, 1.54) is 25.0 Å². The molecule has 0 bridgehead atoms. The van der Waals surface area contributed by atoms with Crippen LogP contribution < -0.4 is 10.6 Å². The molecule has 2 heteroatoms. The van der Waals surface area contributed by atoms with E-state index in [0.29, 0.717) is 0 Å². The second-order valence-corrected chi connectivity index (χ2v) is 5.80. The van der Waals surface area contributed by atoms with Crippen molar-refractivity contribution < 1.29 is 0 Å². The fourth-order valence-corrected chi connectivity index (χ4v) is 1.99. The van der Waals surface area contributed by atoms with Gasteiger partial charge in [0.1, 0.15) is 0 Å². The lowest BCUT2D eigenvalue weighted by atomic mass is 10.0. The van der Waals surface area contributed by atoms with E-state index in [4.69, 9.17) is 0 Å². The first-order valence-corrected chi connectivity index (χ1v) is 7.89. The van der Waals surface area contributed by atoms with Crippen LogP contribution in [0.2, 0.25) is 0 Å². The minimum absolute atomic E-state index is 0.823. The molecular weight excluding hydrogens is 232 g/mol. The van der Waals surface area contributed by atoms with E-state index in [1.54, 1.807) is 0 Å². The van der Waals surface area contributed by atoms with Crippen molar-refractivity contribution in [1.29, 1.82) is 0 Å². The zero-order chi connectivity index (χ0) is 14.5. The summed E-state index contributed by atoms with van der Waals surface area (Å²) in [6.45, 7) is 16.8. The summed E-state index contributed by atoms with van der Waals surface area (Å²) < 4.78 is 0. The fourth-order valence-electron chi connectivity index (χ4n) is 1.99. The van der Waals surface area contributed by atoms with Crippen LogP contribution in [-0.2, 0) is 0 Å². The monoisotopic (exact) mass is 266 g/mol. The Labute approximate surface area is 120 Å². The SMILES string of the molecule is C=C(CCC)NCCCNC(=C)CCCCC(C)C. The van der Waals surface area contributed by atoms with Crippen molar-refractivity contribution in [2.75, 3.05) is 13.1 Å². The Morgan fingerprint density at radius 1 is 0.895 bits per heavy atom. The molecule has 0 saturated heterocycles. The minimum Gasteiger partial charge on any atom is -0.389 e. The Morgan fingerprint density at radius 2 is 1.47 bits per heavy atom. The Hall–Kier alpha value is -0.920. The molecule has 0 aromatic rings. The van der Waals surface area contributed by atoms with Gasteiger partial charge in [-0.2, -0.15) is 0 Å². The molecule has 0 aliphatic heterocycles. The van der Waals surface area contributed by atoms with Gasteiger partial charge in [-0.3, -0.25) is 0 Å². The quantitative estimate of drug-likeness (QED) is 0.476. The third-order valence-electron chi connectivity index (χ3n) is 3.17. The van der Waals surface area contributed by atoms with Gasteiger partial charge in [-0.25, -0.2) is 0 Å². The number of nitrogens with one attached hydrogen (secondary N) is 2. The first kappa shape index (κ1) is 18.1. The van der Waals surface area contributed by atoms with Crippen LogP contribution in [0.3, 0.4) is 0 Å². The lowest BCUT2D eigenvalue weighted by Gasteiger charge is -2.11. The molecule has 0 radical (unpaired) electrons. The van der Waals surface area contributed by atoms with Crippen LogP contribution in [0.5, 0.6) is 0 Å². The summed E-state index contributed by atoms with van der Waals surface area (Å²) in [6, 6.07) is 0. The molecule has 19 heavy (non-hydrogen) atoms. The van der Waals surface area contributed by atoms with Crippen LogP contribution in [-0.4, -0.2) is 13.1 Å². The molecule has 0 fully saturated rings. The fraction of sp³-hybridized carbons (Fsp3) is 0.765. The molecule has 0 unspecified atom stereocenters. The average molecular weight is 266 g/mol. The van der Waals surface area contributed by atoms with Crippen LogP contribution in [0.4, 0.5) is 0 Å². The summed E-state index contributed by atoms with van der Waals surface area (Å²) in [7, 11) is 0. The predicted molar refractivity (Wildman–Crippen MR) is 87.1 cm³/mol. The van der Waals surface area contributed by atoms with Crippen LogP contribution in [0.25, 0.3) is 0 Å². The van der Waals surface area contributed by atoms with Gasteiger partial charge in [0.2, 0.25) is 0 Å². The van der Waals surface area contributed by atoms with Gasteiger partial charge < -0.3 is 10.6 Å². The minimum atomic E-state index is 0.823. The van der Waals surface area contributed by atoms with Gasteiger partial charge in [0.05, 0.1) is 0 Å². The number of rotatable bonds is 13. The third-order valence-corrected chi connectivity index (χ3v) is 3.17. The van der Waals surface area contributed by atoms with E-state index in [2.05, 4.69) is 44.6 Å². The highest BCUT2D eigenvalue weighted by atomic mass is 14.9. The molecule has 0 atom stereocenters. The number of hydrogen-bond donors (Lipinski definition) is 2. The van der Waals surface area contributed by atoms with Crippen molar-refractivity contribution in [2.24, 2.45) is 5.92 Å². The third kappa shape index (κ3) is 13.3. The maximum Gasteiger partial charge on any atom is 0.0160 e. The molecule has 2 N–H and O–H groups in total. The molecular formula is C17H34N2. The second kappa shape index (κ2) is 12.1. The first-order valence-electron chi connectivity index (χ1n) is 7.89. The molecule has 0 heterocycles. The zero-order valence-electron chi connectivity index (χ0n) is 13.4. The van der Waals surface area contributed by atoms with E-state index in [0.717, 1.165) is 50.4 Å². The highest BCUT2D eigenvalue weighted by molar-refractivity contribution is 4.92. The molecule has 112 valence electrons. The lowest BCUT2D eigenvalue weighted by Crippen LogP contribution is -2.20. The maximum absolute atomic E-state index is 4.08. The van der Waals surface area contributed by atoms with Crippen molar-refractivity contribution >= 4 is 0 Å². The van der Waals surface area contributed by atoms with Gasteiger partial charge >= 0.3 is 0 Å². The van der Waals surface area contributed by atoms with E-state index >= 15 is 0 Å². The number of unbranched alkanes of at least 4 members (excludes halogenated alkanes) is 1. The molecule has 0 aliphatic carbocycles. The van der Waals surface area contributed by atoms with E-state index < -0.39 is 0 Å². The summed E-state index contributed by atoms with van der Waals surface area (Å²) in [5.74, 6) is 0.823. The first-order chi connectivity index (χ1) is 9.06. The topological polar surface area (TPSA) is 24.1 Å². The molecule has 0 saturated carbocycles. The van der Waals surface area contributed by atoms with E-state index in [9.17, 15) is 0 Å². The van der Waals surface area contributed by atoms with Gasteiger partial charge in [0, 0.05) is 24.5 Å². The van der Waals surface area contributed by atoms with Crippen molar-refractivity contribution in [3.05, 3.63) is 24.6 Å². The molecule has 0 spiro atoms. The van der Waals surface area contributed by atoms with Crippen molar-refractivity contribution in [3.8, 4) is 0 Å². The van der Waals surface area contributed by atoms with Crippen LogP contribution in [0.1, 0.15) is 65.7 Å². The van der Waals surface area contributed by atoms with Crippen LogP contribution >= 0.6 is 0 Å². The molecule has 2 nitrogen and oxygen atoms in total. The van der Waals surface area contributed by atoms with E-state index in [-0.39, 0.29) is 0 Å². The summed E-state index contributed by atoms with van der Waals surface area (Å²) >= 11 is 0. The second-order valence-electron chi connectivity index (χ2n) is 5.80. The van der Waals surface area contributed by atoms with Gasteiger partial charge in [-0.1, -0.05) is 53.2 Å². The highest BCUT2D eigenvalue weighted by Crippen LogP contribution is 2.10. The lowest BCUT2D eigenvalue weighted by molar-refractivity contribution is 0.531. The smallest absolute Gasteiger partial charge is 0.0160 e. The number of allylic oxidation sites excluding steroid dienone is 2. The number of hydrogen-bond acceptors (Lipinski definition) is 2. The van der Waals surface area contributed by atoms with Gasteiger partial charge in [-0.15, -0.1) is 0 Å². The molecule has 0 amide bonds. The highest BCUT2D eigenvalue weighted by Gasteiger charge is 1.97. The standard InChI is InChI=1S/C17H34N2/c1-6-10-16(4)18-13-9-14-19-17(5)12-8-7-11-15(2)3/h15,18-19H,4-14H2,1-3H3. The Morgan fingerprint density at radius 3 is 2.00 bits per heavy atom. The molecule has 0 aromatic carbocycles. The molecule has 0 aromatic heterocycles. The summed E-state index contributed by atoms with van der Waals surface area (Å²) in [5.41, 5.74) is 2.35. The predicted octanol–water partition coefficient (Wildman–Crippen LogP) is 4.60. The van der Waals surface area contributed by atoms with Crippen LogP contribution in [0.15, 0.2) is 24.6 Å². The van der Waals surface area contributed by atoms with Crippen molar-refractivity contribution in [1.82, 2.24) is 10.6 Å². The van der Waals surface area contributed by atoms with Crippen LogP contribution in [0, 0.1) is 5.92 Å². The summed E-state index contributed by atoms with van der Waals surface area (Å²) in [6.07, 6.45) is 8.38. The molecule has 0 rings (SSSR count). The molecule has 0 aliphatic rings. The Balaban J connectivity index is 3.31. The largest absolute Gasteiger partial charge is 0.389 e. The summed E-state index contributed by atoms with van der Waals surface area (Å²) in [5, 5.41) is 6.77. The maximum atomic E-state index is 4.08. The van der Waals surface area contributed by atoms with Crippen molar-refractivity contribution in [3.63, 3.8) is 0 Å². The van der Waals surface area contributed by atoms with E-state index in [1.807, 2.05) is 0 Å². The Bertz CT molecular complexity index is 244. The average Bonchev–Trinajstić information content (AvgIpc) is 2.34. The van der Waals surface area contributed by atoms with Gasteiger partial charge in [0.25, 0.3) is 0 Å². The van der Waals surface area contributed by atoms with Crippen molar-refractivity contribution in [2.45, 2.75) is 65.7 Å². The normalized spacial score (nSPS) is 10.5. The Kier molecular flexibility index (Phi) is 11.5. The summed E-state index contributed by atoms with van der Waals surface area (Å²) in [4.78, 5) is 0.